The molecule has 7 nitrogen and oxygen atoms in total. The van der Waals surface area contributed by atoms with Crippen LogP contribution < -0.4 is 0 Å². The zero-order chi connectivity index (χ0) is 22.8. The van der Waals surface area contributed by atoms with Gasteiger partial charge in [-0.3, -0.25) is 4.79 Å². The minimum Gasteiger partial charge on any atom is -0.459 e. The van der Waals surface area contributed by atoms with Crippen LogP contribution >= 0.6 is 0 Å². The number of carbonyl (C=O) groups excluding carboxylic acids is 1. The fourth-order valence-electron chi connectivity index (χ4n) is 7.64. The predicted octanol–water partition coefficient (Wildman–Crippen LogP) is 3.74. The highest BCUT2D eigenvalue weighted by Crippen LogP contribution is 2.67. The quantitative estimate of drug-likeness (QED) is 0.226. The molecule has 5 atom stereocenters. The Morgan fingerprint density at radius 3 is 2.53 bits per heavy atom. The molecule has 0 bridgehead atoms. The number of rotatable bonds is 3. The third kappa shape index (κ3) is 2.97. The van der Waals surface area contributed by atoms with E-state index in [-0.39, 0.29) is 29.3 Å². The van der Waals surface area contributed by atoms with Crippen LogP contribution in [0.3, 0.4) is 0 Å². The highest BCUT2D eigenvalue weighted by molar-refractivity contribution is 6.03. The van der Waals surface area contributed by atoms with Crippen molar-refractivity contribution in [3.63, 3.8) is 0 Å². The van der Waals surface area contributed by atoms with E-state index in [1.54, 1.807) is 0 Å². The third-order valence-corrected chi connectivity index (χ3v) is 9.54. The standard InChI is InChI=1S/C25H35NO6/c1-16(27)30-15-21(26-29)20-7-6-18-19-5-4-17-14-24(31-12-13-32-24)10-9-23(17,3)25(19,28)11-8-22(18,20)2/h4,7,18-19,28-29H,5-6,8-15H2,1-3H3/b26-21-/t18-,19-,22-,23-,25+/m0/s1. The van der Waals surface area contributed by atoms with Gasteiger partial charge in [0.2, 0.25) is 0 Å². The van der Waals surface area contributed by atoms with Crippen molar-refractivity contribution in [1.82, 2.24) is 0 Å². The predicted molar refractivity (Wildman–Crippen MR) is 117 cm³/mol. The molecule has 0 radical (unpaired) electrons. The fraction of sp³-hybridized carbons (Fsp3) is 0.760. The summed E-state index contributed by atoms with van der Waals surface area (Å²) >= 11 is 0. The monoisotopic (exact) mass is 445 g/mol. The van der Waals surface area contributed by atoms with Gasteiger partial charge in [-0.1, -0.05) is 36.7 Å². The maximum atomic E-state index is 12.3. The molecule has 2 N–H and O–H groups in total. The van der Waals surface area contributed by atoms with Gasteiger partial charge in [0.15, 0.2) is 5.79 Å². The van der Waals surface area contributed by atoms with Gasteiger partial charge < -0.3 is 24.5 Å². The molecule has 5 rings (SSSR count). The molecule has 176 valence electrons. The minimum absolute atomic E-state index is 0.0290. The largest absolute Gasteiger partial charge is 0.459 e. The molecular formula is C25H35NO6. The molecule has 4 aliphatic carbocycles. The average molecular weight is 446 g/mol. The van der Waals surface area contributed by atoms with Crippen LogP contribution in [0.2, 0.25) is 0 Å². The molecule has 0 amide bonds. The Labute approximate surface area is 189 Å². The normalized spacial score (nSPS) is 42.6. The zero-order valence-corrected chi connectivity index (χ0v) is 19.4. The van der Waals surface area contributed by atoms with Gasteiger partial charge in [-0.15, -0.1) is 0 Å². The van der Waals surface area contributed by atoms with Crippen LogP contribution in [-0.4, -0.2) is 53.2 Å². The van der Waals surface area contributed by atoms with E-state index in [0.29, 0.717) is 25.3 Å². The number of aliphatic hydroxyl groups is 1. The van der Waals surface area contributed by atoms with Gasteiger partial charge in [-0.25, -0.2) is 0 Å². The lowest BCUT2D eigenvalue weighted by molar-refractivity contribution is -0.219. The second kappa shape index (κ2) is 7.40. The van der Waals surface area contributed by atoms with Crippen molar-refractivity contribution in [1.29, 1.82) is 0 Å². The van der Waals surface area contributed by atoms with E-state index >= 15 is 0 Å². The molecule has 1 aliphatic heterocycles. The Kier molecular flexibility index (Phi) is 5.12. The van der Waals surface area contributed by atoms with Gasteiger partial charge in [0.05, 0.1) is 18.8 Å². The van der Waals surface area contributed by atoms with Gasteiger partial charge in [0, 0.05) is 25.2 Å². The van der Waals surface area contributed by atoms with Crippen molar-refractivity contribution in [3.8, 4) is 0 Å². The highest BCUT2D eigenvalue weighted by atomic mass is 16.7. The van der Waals surface area contributed by atoms with E-state index in [4.69, 9.17) is 14.2 Å². The maximum Gasteiger partial charge on any atom is 0.303 e. The summed E-state index contributed by atoms with van der Waals surface area (Å²) in [6, 6.07) is 0. The first-order valence-electron chi connectivity index (χ1n) is 11.9. The van der Waals surface area contributed by atoms with Crippen LogP contribution in [0.25, 0.3) is 0 Å². The van der Waals surface area contributed by atoms with Crippen LogP contribution in [0.1, 0.15) is 65.7 Å². The van der Waals surface area contributed by atoms with Crippen LogP contribution in [0.15, 0.2) is 28.5 Å². The molecule has 1 heterocycles. The lowest BCUT2D eigenvalue weighted by Crippen LogP contribution is -2.63. The second-order valence-corrected chi connectivity index (χ2v) is 10.8. The topological polar surface area (TPSA) is 97.6 Å². The molecule has 2 saturated carbocycles. The Morgan fingerprint density at radius 1 is 1.12 bits per heavy atom. The molecule has 1 saturated heterocycles. The van der Waals surface area contributed by atoms with Gasteiger partial charge in [-0.05, 0) is 54.9 Å². The second-order valence-electron chi connectivity index (χ2n) is 10.8. The highest BCUT2D eigenvalue weighted by Gasteiger charge is 2.66. The van der Waals surface area contributed by atoms with Crippen molar-refractivity contribution >= 4 is 11.7 Å². The zero-order valence-electron chi connectivity index (χ0n) is 19.4. The summed E-state index contributed by atoms with van der Waals surface area (Å²) in [5.41, 5.74) is 1.39. The summed E-state index contributed by atoms with van der Waals surface area (Å²) in [6.45, 7) is 7.07. The molecule has 0 aromatic carbocycles. The molecule has 7 heteroatoms. The molecule has 1 spiro atoms. The first-order chi connectivity index (χ1) is 15.2. The lowest BCUT2D eigenvalue weighted by atomic mass is 9.44. The number of fused-ring (bicyclic) bond motifs is 5. The number of carbonyl (C=O) groups is 1. The van der Waals surface area contributed by atoms with E-state index in [0.717, 1.165) is 44.1 Å². The van der Waals surface area contributed by atoms with Crippen molar-refractivity contribution in [3.05, 3.63) is 23.3 Å². The van der Waals surface area contributed by atoms with Crippen LogP contribution in [0, 0.1) is 22.7 Å². The molecule has 5 aliphatic rings. The number of ether oxygens (including phenoxy) is 3. The van der Waals surface area contributed by atoms with E-state index < -0.39 is 17.4 Å². The van der Waals surface area contributed by atoms with E-state index in [2.05, 4.69) is 31.2 Å². The van der Waals surface area contributed by atoms with Crippen LogP contribution in [-0.2, 0) is 19.0 Å². The summed E-state index contributed by atoms with van der Waals surface area (Å²) in [4.78, 5) is 11.3. The van der Waals surface area contributed by atoms with Crippen LogP contribution in [0.5, 0.6) is 0 Å². The number of hydrogen-bond donors (Lipinski definition) is 2. The van der Waals surface area contributed by atoms with Gasteiger partial charge in [0.1, 0.15) is 12.3 Å². The summed E-state index contributed by atoms with van der Waals surface area (Å²) in [5, 5.41) is 25.4. The SMILES string of the molecule is CC(=O)OC/C(=N/O)C1=CC[C@H]2[C@@H]3CC=C4CC5(CC[C@]4(C)[C@@]3(O)CC[C@]12C)OCCO5. The summed E-state index contributed by atoms with van der Waals surface area (Å²) < 4.78 is 17.1. The van der Waals surface area contributed by atoms with Crippen LogP contribution in [0.4, 0.5) is 0 Å². The van der Waals surface area contributed by atoms with Gasteiger partial charge >= 0.3 is 5.97 Å². The molecule has 32 heavy (non-hydrogen) atoms. The maximum absolute atomic E-state index is 12.3. The number of allylic oxidation sites excluding steroid dienone is 2. The first kappa shape index (κ1) is 22.1. The van der Waals surface area contributed by atoms with Crippen molar-refractivity contribution in [2.24, 2.45) is 27.8 Å². The number of oxime groups is 1. The Balaban J connectivity index is 1.43. The molecule has 0 aromatic heterocycles. The Morgan fingerprint density at radius 2 is 1.84 bits per heavy atom. The first-order valence-corrected chi connectivity index (χ1v) is 11.9. The Hall–Kier alpha value is -1.70. The molecule has 0 unspecified atom stereocenters. The number of nitrogens with zero attached hydrogens (tertiary/aromatic N) is 1. The average Bonchev–Trinajstić information content (AvgIpc) is 3.35. The van der Waals surface area contributed by atoms with Gasteiger partial charge in [0.25, 0.3) is 0 Å². The molecular weight excluding hydrogens is 410 g/mol. The van der Waals surface area contributed by atoms with Crippen molar-refractivity contribution in [2.45, 2.75) is 77.1 Å². The number of hydrogen-bond acceptors (Lipinski definition) is 7. The van der Waals surface area contributed by atoms with E-state index in [1.165, 1.54) is 12.5 Å². The minimum atomic E-state index is -0.781. The smallest absolute Gasteiger partial charge is 0.303 e. The van der Waals surface area contributed by atoms with Crippen molar-refractivity contribution < 1.29 is 29.3 Å². The third-order valence-electron chi connectivity index (χ3n) is 9.54. The van der Waals surface area contributed by atoms with Gasteiger partial charge in [-0.2, -0.15) is 0 Å². The molecule has 0 aromatic rings. The number of esters is 1. The van der Waals surface area contributed by atoms with E-state index in [9.17, 15) is 15.1 Å². The summed E-state index contributed by atoms with van der Waals surface area (Å²) in [5.74, 6) is -0.525. The fourth-order valence-corrected chi connectivity index (χ4v) is 7.64. The lowest BCUT2D eigenvalue weighted by Gasteiger charge is -2.63. The summed E-state index contributed by atoms with van der Waals surface area (Å²) in [7, 11) is 0. The molecule has 3 fully saturated rings. The van der Waals surface area contributed by atoms with E-state index in [1.807, 2.05) is 0 Å². The summed E-state index contributed by atoms with van der Waals surface area (Å²) in [6.07, 6.45) is 10.0. The Bertz CT molecular complexity index is 902. The van der Waals surface area contributed by atoms with Crippen molar-refractivity contribution in [2.75, 3.05) is 19.8 Å².